The minimum Gasteiger partial charge on any atom is -0.535 e. The first-order valence-corrected chi connectivity index (χ1v) is 5.64. The number of carboxylic acid groups (broad SMARTS) is 1. The maximum atomic E-state index is 11.3. The predicted octanol–water partition coefficient (Wildman–Crippen LogP) is -0.336. The Morgan fingerprint density at radius 1 is 1.47 bits per heavy atom. The van der Waals surface area contributed by atoms with E-state index in [1.807, 2.05) is 0 Å². The summed E-state index contributed by atoms with van der Waals surface area (Å²) in [5.41, 5.74) is 5.41. The van der Waals surface area contributed by atoms with Crippen molar-refractivity contribution in [1.29, 1.82) is 0 Å². The van der Waals surface area contributed by atoms with Gasteiger partial charge in [0.25, 0.3) is 5.91 Å². The van der Waals surface area contributed by atoms with E-state index in [2.05, 4.69) is 0 Å². The molecule has 1 aromatic carbocycles. The highest BCUT2D eigenvalue weighted by atomic mass is 16.5. The molecule has 19 heavy (non-hydrogen) atoms. The van der Waals surface area contributed by atoms with Gasteiger partial charge in [-0.3, -0.25) is 4.79 Å². The third-order valence-electron chi connectivity index (χ3n) is 2.70. The molecule has 1 amide bonds. The quantitative estimate of drug-likeness (QED) is 0.641. The summed E-state index contributed by atoms with van der Waals surface area (Å²) in [6.07, 6.45) is 0.903. The van der Waals surface area contributed by atoms with Crippen LogP contribution in [-0.2, 0) is 11.2 Å². The monoisotopic (exact) mass is 265 g/mol. The van der Waals surface area contributed by atoms with E-state index in [-0.39, 0.29) is 17.1 Å². The molecule has 0 saturated heterocycles. The minimum absolute atomic E-state index is 0.0147. The lowest BCUT2D eigenvalue weighted by molar-refractivity contribution is -0.119. The van der Waals surface area contributed by atoms with Gasteiger partial charge in [-0.05, 0) is 24.4 Å². The van der Waals surface area contributed by atoms with Crippen molar-refractivity contribution in [2.75, 3.05) is 6.61 Å². The number of aromatic carboxylic acids is 1. The normalized spacial score (nSPS) is 13.4. The lowest BCUT2D eigenvalue weighted by atomic mass is 9.78. The number of carbonyl (C=O) groups excluding carboxylic acids is 1. The SMILES string of the molecule is NC(=O)COc1ccc2c(c1C(=O)O)OB(O)CC2. The van der Waals surface area contributed by atoms with Crippen LogP contribution in [0.15, 0.2) is 12.1 Å². The van der Waals surface area contributed by atoms with Crippen LogP contribution in [-0.4, -0.2) is 35.7 Å². The summed E-state index contributed by atoms with van der Waals surface area (Å²) in [5, 5.41) is 18.7. The van der Waals surface area contributed by atoms with Crippen LogP contribution in [0.3, 0.4) is 0 Å². The predicted molar refractivity (Wildman–Crippen MR) is 65.2 cm³/mol. The van der Waals surface area contributed by atoms with Crippen LogP contribution in [0.4, 0.5) is 0 Å². The molecule has 0 unspecified atom stereocenters. The summed E-state index contributed by atoms with van der Waals surface area (Å²) in [4.78, 5) is 22.0. The van der Waals surface area contributed by atoms with Gasteiger partial charge in [0.05, 0.1) is 0 Å². The number of ether oxygens (including phenoxy) is 1. The highest BCUT2D eigenvalue weighted by molar-refractivity contribution is 6.44. The standard InChI is InChI=1S/C11H12BNO6/c13-8(14)5-18-7-2-1-6-3-4-12(17)19-10(6)9(7)11(15)16/h1-2,17H,3-5H2,(H2,13,14)(H,15,16). The Morgan fingerprint density at radius 3 is 2.84 bits per heavy atom. The Balaban J connectivity index is 2.42. The van der Waals surface area contributed by atoms with Crippen molar-refractivity contribution in [3.05, 3.63) is 23.3 Å². The molecule has 0 aliphatic carbocycles. The second-order valence-electron chi connectivity index (χ2n) is 4.10. The van der Waals surface area contributed by atoms with Crippen LogP contribution in [0.2, 0.25) is 6.32 Å². The number of hydrogen-bond acceptors (Lipinski definition) is 5. The van der Waals surface area contributed by atoms with Crippen molar-refractivity contribution < 1.29 is 29.1 Å². The Morgan fingerprint density at radius 2 is 2.21 bits per heavy atom. The van der Waals surface area contributed by atoms with Crippen molar-refractivity contribution in [3.63, 3.8) is 0 Å². The van der Waals surface area contributed by atoms with Gasteiger partial charge in [0, 0.05) is 0 Å². The first kappa shape index (κ1) is 13.2. The largest absolute Gasteiger partial charge is 0.535 e. The van der Waals surface area contributed by atoms with Crippen molar-refractivity contribution in [3.8, 4) is 11.5 Å². The fraction of sp³-hybridized carbons (Fsp3) is 0.273. The molecule has 0 fully saturated rings. The van der Waals surface area contributed by atoms with Gasteiger partial charge >= 0.3 is 13.1 Å². The third kappa shape index (κ3) is 2.79. The number of amides is 1. The molecular formula is C11H12BNO6. The highest BCUT2D eigenvalue weighted by Crippen LogP contribution is 2.36. The zero-order valence-electron chi connectivity index (χ0n) is 9.96. The zero-order chi connectivity index (χ0) is 14.0. The molecular weight excluding hydrogens is 253 g/mol. The summed E-state index contributed by atoms with van der Waals surface area (Å²) in [7, 11) is -1.04. The fourth-order valence-electron chi connectivity index (χ4n) is 1.88. The van der Waals surface area contributed by atoms with Crippen LogP contribution in [0.5, 0.6) is 11.5 Å². The Bertz CT molecular complexity index is 532. The molecule has 8 heteroatoms. The van der Waals surface area contributed by atoms with Gasteiger partial charge in [-0.1, -0.05) is 6.07 Å². The molecule has 0 radical (unpaired) electrons. The smallest absolute Gasteiger partial charge is 0.522 e. The van der Waals surface area contributed by atoms with E-state index in [4.69, 9.17) is 15.1 Å². The number of benzene rings is 1. The molecule has 1 aromatic rings. The third-order valence-corrected chi connectivity index (χ3v) is 2.70. The Labute approximate surface area is 109 Å². The summed E-state index contributed by atoms with van der Waals surface area (Å²) in [5.74, 6) is -1.91. The van der Waals surface area contributed by atoms with Crippen LogP contribution >= 0.6 is 0 Å². The molecule has 7 nitrogen and oxygen atoms in total. The van der Waals surface area contributed by atoms with Gasteiger partial charge in [-0.15, -0.1) is 0 Å². The van der Waals surface area contributed by atoms with E-state index in [0.29, 0.717) is 18.3 Å². The Hall–Kier alpha value is -2.22. The van der Waals surface area contributed by atoms with E-state index in [1.165, 1.54) is 6.07 Å². The molecule has 2 rings (SSSR count). The average Bonchev–Trinajstić information content (AvgIpc) is 2.34. The average molecular weight is 265 g/mol. The van der Waals surface area contributed by atoms with Gasteiger partial charge in [0.2, 0.25) is 0 Å². The molecule has 4 N–H and O–H groups in total. The summed E-state index contributed by atoms with van der Waals surface area (Å²) < 4.78 is 10.2. The lowest BCUT2D eigenvalue weighted by Gasteiger charge is -2.22. The zero-order valence-corrected chi connectivity index (χ0v) is 9.96. The second kappa shape index (κ2) is 5.19. The minimum atomic E-state index is -1.26. The van der Waals surface area contributed by atoms with Crippen LogP contribution in [0, 0.1) is 0 Å². The van der Waals surface area contributed by atoms with Gasteiger partial charge in [-0.2, -0.15) is 0 Å². The maximum absolute atomic E-state index is 11.3. The number of rotatable bonds is 4. The second-order valence-corrected chi connectivity index (χ2v) is 4.10. The van der Waals surface area contributed by atoms with Gasteiger partial charge in [0.1, 0.15) is 17.1 Å². The summed E-state index contributed by atoms with van der Waals surface area (Å²) in [6.45, 7) is -0.429. The summed E-state index contributed by atoms with van der Waals surface area (Å²) >= 11 is 0. The lowest BCUT2D eigenvalue weighted by Crippen LogP contribution is -2.28. The van der Waals surface area contributed by atoms with Crippen molar-refractivity contribution in [2.24, 2.45) is 5.73 Å². The molecule has 1 heterocycles. The van der Waals surface area contributed by atoms with Gasteiger partial charge in [-0.25, -0.2) is 4.79 Å². The number of carbonyl (C=O) groups is 2. The molecule has 0 atom stereocenters. The molecule has 0 bridgehead atoms. The maximum Gasteiger partial charge on any atom is 0.522 e. The number of carboxylic acids is 1. The van der Waals surface area contributed by atoms with E-state index in [9.17, 15) is 19.7 Å². The highest BCUT2D eigenvalue weighted by Gasteiger charge is 2.30. The summed E-state index contributed by atoms with van der Waals surface area (Å²) in [6, 6.07) is 3.09. The molecule has 0 aromatic heterocycles. The van der Waals surface area contributed by atoms with Crippen molar-refractivity contribution >= 4 is 19.0 Å². The van der Waals surface area contributed by atoms with Gasteiger partial charge < -0.3 is 25.3 Å². The number of fused-ring (bicyclic) bond motifs is 1. The molecule has 1 aliphatic heterocycles. The number of aryl methyl sites for hydroxylation is 1. The fourth-order valence-corrected chi connectivity index (χ4v) is 1.88. The van der Waals surface area contributed by atoms with Gasteiger partial charge in [0.15, 0.2) is 6.61 Å². The van der Waals surface area contributed by atoms with Crippen LogP contribution in [0.1, 0.15) is 15.9 Å². The molecule has 100 valence electrons. The Kier molecular flexibility index (Phi) is 3.61. The van der Waals surface area contributed by atoms with E-state index >= 15 is 0 Å². The molecule has 1 aliphatic rings. The molecule has 0 spiro atoms. The van der Waals surface area contributed by atoms with E-state index in [1.54, 1.807) is 6.07 Å². The van der Waals surface area contributed by atoms with Crippen LogP contribution < -0.4 is 15.1 Å². The van der Waals surface area contributed by atoms with Crippen molar-refractivity contribution in [1.82, 2.24) is 0 Å². The van der Waals surface area contributed by atoms with Crippen LogP contribution in [0.25, 0.3) is 0 Å². The van der Waals surface area contributed by atoms with E-state index in [0.717, 1.165) is 0 Å². The first-order chi connectivity index (χ1) is 8.99. The first-order valence-electron chi connectivity index (χ1n) is 5.64. The topological polar surface area (TPSA) is 119 Å². The molecule has 0 saturated carbocycles. The van der Waals surface area contributed by atoms with E-state index < -0.39 is 25.6 Å². The number of primary amides is 1. The van der Waals surface area contributed by atoms with Crippen molar-refractivity contribution in [2.45, 2.75) is 12.7 Å². The number of hydrogen-bond donors (Lipinski definition) is 3. The number of nitrogens with two attached hydrogens (primary N) is 1.